The molecule has 0 radical (unpaired) electrons. The molecule has 0 saturated carbocycles. The second kappa shape index (κ2) is 6.38. The molecule has 0 aliphatic rings. The number of hydrogen-bond acceptors (Lipinski definition) is 4. The zero-order valence-corrected chi connectivity index (χ0v) is 13.3. The molecule has 0 spiro atoms. The number of carbonyl (C=O) groups is 2. The fourth-order valence-electron chi connectivity index (χ4n) is 1.42. The van der Waals surface area contributed by atoms with Gasteiger partial charge < -0.3 is 15.2 Å². The van der Waals surface area contributed by atoms with Crippen molar-refractivity contribution in [2.45, 2.75) is 38.8 Å². The van der Waals surface area contributed by atoms with Crippen LogP contribution in [-0.2, 0) is 9.53 Å². The molecular weight excluding hydrogens is 334 g/mol. The average molecular weight is 350 g/mol. The van der Waals surface area contributed by atoms with Crippen LogP contribution in [0, 0.1) is 0 Å². The van der Waals surface area contributed by atoms with Gasteiger partial charge in [0.05, 0.1) is 16.2 Å². The topological polar surface area (TPSA) is 75.6 Å². The van der Waals surface area contributed by atoms with E-state index in [4.69, 9.17) is 9.84 Å². The number of amides is 1. The monoisotopic (exact) mass is 349 g/mol. The van der Waals surface area contributed by atoms with Crippen LogP contribution in [-0.4, -0.2) is 22.8 Å². The number of alkyl carbamates (subject to hydrolysis) is 1. The highest BCUT2D eigenvalue weighted by Gasteiger charge is 2.24. The third kappa shape index (κ3) is 5.61. The smallest absolute Gasteiger partial charge is 0.408 e. The summed E-state index contributed by atoms with van der Waals surface area (Å²) in [5, 5.41) is 13.3. The van der Waals surface area contributed by atoms with E-state index in [-0.39, 0.29) is 6.42 Å². The maximum absolute atomic E-state index is 11.7. The summed E-state index contributed by atoms with van der Waals surface area (Å²) in [6.45, 7) is 5.25. The maximum atomic E-state index is 11.7. The van der Waals surface area contributed by atoms with Crippen molar-refractivity contribution in [3.63, 3.8) is 0 Å². The van der Waals surface area contributed by atoms with Crippen LogP contribution < -0.4 is 5.32 Å². The number of hydrogen-bond donors (Lipinski definition) is 2. The van der Waals surface area contributed by atoms with Crippen LogP contribution in [0.3, 0.4) is 0 Å². The predicted molar refractivity (Wildman–Crippen MR) is 76.4 cm³/mol. The Bertz CT molecular complexity index is 467. The largest absolute Gasteiger partial charge is 0.481 e. The Kier molecular flexibility index (Phi) is 5.37. The van der Waals surface area contributed by atoms with Gasteiger partial charge >= 0.3 is 12.1 Å². The van der Waals surface area contributed by atoms with Crippen molar-refractivity contribution >= 4 is 39.3 Å². The minimum atomic E-state index is -0.987. The van der Waals surface area contributed by atoms with E-state index in [9.17, 15) is 9.59 Å². The van der Waals surface area contributed by atoms with Crippen LogP contribution in [0.2, 0.25) is 0 Å². The van der Waals surface area contributed by atoms with Gasteiger partial charge in [0.25, 0.3) is 0 Å². The highest BCUT2D eigenvalue weighted by Crippen LogP contribution is 2.30. The van der Waals surface area contributed by atoms with Gasteiger partial charge in [0.1, 0.15) is 5.60 Å². The molecule has 0 saturated heterocycles. The fraction of sp³-hybridized carbons (Fsp3) is 0.500. The lowest BCUT2D eigenvalue weighted by Gasteiger charge is -2.23. The number of aliphatic carboxylic acids is 1. The molecule has 106 valence electrons. The summed E-state index contributed by atoms with van der Waals surface area (Å²) >= 11 is 4.77. The number of ether oxygens (including phenoxy) is 1. The third-order valence-electron chi connectivity index (χ3n) is 2.09. The SMILES string of the molecule is CC(C)(C)OC(=O)N[C@H](CC(=O)O)c1ccsc1Br. The van der Waals surface area contributed by atoms with Crippen molar-refractivity contribution < 1.29 is 19.4 Å². The van der Waals surface area contributed by atoms with E-state index < -0.39 is 23.7 Å². The lowest BCUT2D eigenvalue weighted by Crippen LogP contribution is -2.35. The minimum absolute atomic E-state index is 0.200. The maximum Gasteiger partial charge on any atom is 0.408 e. The van der Waals surface area contributed by atoms with Gasteiger partial charge in [0.15, 0.2) is 0 Å². The lowest BCUT2D eigenvalue weighted by molar-refractivity contribution is -0.137. The fourth-order valence-corrected chi connectivity index (χ4v) is 2.83. The van der Waals surface area contributed by atoms with Crippen LogP contribution >= 0.6 is 27.3 Å². The van der Waals surface area contributed by atoms with Crippen molar-refractivity contribution in [3.8, 4) is 0 Å². The Labute approximate surface area is 124 Å². The van der Waals surface area contributed by atoms with Crippen molar-refractivity contribution in [1.82, 2.24) is 5.32 Å². The first-order chi connectivity index (χ1) is 8.69. The summed E-state index contributed by atoms with van der Waals surface area (Å²) in [6, 6.07) is 1.16. The van der Waals surface area contributed by atoms with E-state index in [1.54, 1.807) is 26.8 Å². The Morgan fingerprint density at radius 3 is 2.58 bits per heavy atom. The number of carboxylic acids is 1. The normalized spacial score (nSPS) is 12.8. The van der Waals surface area contributed by atoms with E-state index in [0.29, 0.717) is 0 Å². The van der Waals surface area contributed by atoms with Crippen molar-refractivity contribution in [2.24, 2.45) is 0 Å². The Balaban J connectivity index is 2.79. The molecule has 5 nitrogen and oxygen atoms in total. The summed E-state index contributed by atoms with van der Waals surface area (Å²) in [6.07, 6.45) is -0.828. The lowest BCUT2D eigenvalue weighted by atomic mass is 10.1. The molecular formula is C12H16BrNO4S. The first kappa shape index (κ1) is 16.0. The summed E-state index contributed by atoms with van der Waals surface area (Å²) in [7, 11) is 0. The van der Waals surface area contributed by atoms with Crippen LogP contribution in [0.15, 0.2) is 15.2 Å². The second-order valence-corrected chi connectivity index (χ2v) is 7.18. The average Bonchev–Trinajstić information content (AvgIpc) is 2.59. The standard InChI is InChI=1S/C12H16BrNO4S/c1-12(2,3)18-11(17)14-8(6-9(15)16)7-4-5-19-10(7)13/h4-5,8H,6H2,1-3H3,(H,14,17)(H,15,16)/t8-/m1/s1. The van der Waals surface area contributed by atoms with Crippen LogP contribution in [0.25, 0.3) is 0 Å². The van der Waals surface area contributed by atoms with Gasteiger partial charge in [-0.05, 0) is 48.1 Å². The molecule has 0 aromatic carbocycles. The zero-order chi connectivity index (χ0) is 14.6. The molecule has 0 unspecified atom stereocenters. The van der Waals surface area contributed by atoms with E-state index in [2.05, 4.69) is 21.2 Å². The molecule has 1 heterocycles. The number of nitrogens with one attached hydrogen (secondary N) is 1. The molecule has 1 aromatic rings. The Morgan fingerprint density at radius 2 is 2.16 bits per heavy atom. The molecule has 1 rings (SSSR count). The summed E-state index contributed by atoms with van der Waals surface area (Å²) < 4.78 is 5.93. The van der Waals surface area contributed by atoms with Gasteiger partial charge in [-0.15, -0.1) is 11.3 Å². The number of thiophene rings is 1. The highest BCUT2D eigenvalue weighted by atomic mass is 79.9. The minimum Gasteiger partial charge on any atom is -0.481 e. The van der Waals surface area contributed by atoms with Crippen LogP contribution in [0.5, 0.6) is 0 Å². The van der Waals surface area contributed by atoms with E-state index in [1.165, 1.54) is 11.3 Å². The van der Waals surface area contributed by atoms with Gasteiger partial charge in [0.2, 0.25) is 0 Å². The quantitative estimate of drug-likeness (QED) is 0.871. The predicted octanol–water partition coefficient (Wildman–Crippen LogP) is 3.55. The molecule has 1 atom stereocenters. The van der Waals surface area contributed by atoms with Crippen LogP contribution in [0.4, 0.5) is 4.79 Å². The van der Waals surface area contributed by atoms with Gasteiger partial charge in [-0.3, -0.25) is 4.79 Å². The first-order valence-electron chi connectivity index (χ1n) is 5.63. The second-order valence-electron chi connectivity index (χ2n) is 4.95. The Morgan fingerprint density at radius 1 is 1.53 bits per heavy atom. The van der Waals surface area contributed by atoms with Gasteiger partial charge in [0, 0.05) is 5.56 Å². The van der Waals surface area contributed by atoms with Gasteiger partial charge in [-0.1, -0.05) is 0 Å². The molecule has 2 N–H and O–H groups in total. The number of rotatable bonds is 4. The van der Waals surface area contributed by atoms with E-state index in [0.717, 1.165) is 9.35 Å². The Hall–Kier alpha value is -1.08. The molecule has 1 aromatic heterocycles. The number of carbonyl (C=O) groups excluding carboxylic acids is 1. The van der Waals surface area contributed by atoms with E-state index >= 15 is 0 Å². The number of halogens is 1. The van der Waals surface area contributed by atoms with Crippen molar-refractivity contribution in [1.29, 1.82) is 0 Å². The summed E-state index contributed by atoms with van der Waals surface area (Å²) in [5.74, 6) is -0.987. The van der Waals surface area contributed by atoms with Gasteiger partial charge in [-0.2, -0.15) is 0 Å². The third-order valence-corrected chi connectivity index (χ3v) is 3.82. The number of carboxylic acid groups (broad SMARTS) is 1. The molecule has 1 amide bonds. The highest BCUT2D eigenvalue weighted by molar-refractivity contribution is 9.11. The zero-order valence-electron chi connectivity index (χ0n) is 10.9. The summed E-state index contributed by atoms with van der Waals surface area (Å²) in [5.41, 5.74) is 0.113. The van der Waals surface area contributed by atoms with E-state index in [1.807, 2.05) is 5.38 Å². The molecule has 0 aliphatic carbocycles. The summed E-state index contributed by atoms with van der Waals surface area (Å²) in [4.78, 5) is 22.6. The van der Waals surface area contributed by atoms with Gasteiger partial charge in [-0.25, -0.2) is 4.79 Å². The molecule has 0 bridgehead atoms. The van der Waals surface area contributed by atoms with Crippen molar-refractivity contribution in [2.75, 3.05) is 0 Å². The molecule has 0 aliphatic heterocycles. The van der Waals surface area contributed by atoms with Crippen LogP contribution in [0.1, 0.15) is 38.8 Å². The first-order valence-corrected chi connectivity index (χ1v) is 7.30. The molecule has 0 fully saturated rings. The molecule has 7 heteroatoms. The molecule has 19 heavy (non-hydrogen) atoms. The van der Waals surface area contributed by atoms with Crippen molar-refractivity contribution in [3.05, 3.63) is 20.8 Å².